The summed E-state index contributed by atoms with van der Waals surface area (Å²) in [5.41, 5.74) is 0.125. The summed E-state index contributed by atoms with van der Waals surface area (Å²) in [6, 6.07) is 12.0. The lowest BCUT2D eigenvalue weighted by Gasteiger charge is -2.34. The Morgan fingerprint density at radius 1 is 1.12 bits per heavy atom. The van der Waals surface area contributed by atoms with Crippen LogP contribution in [0, 0.1) is 10.1 Å². The van der Waals surface area contributed by atoms with E-state index in [0.717, 1.165) is 32.0 Å². The van der Waals surface area contributed by atoms with Gasteiger partial charge in [0.2, 0.25) is 5.91 Å². The molecule has 1 aliphatic heterocycles. The quantitative estimate of drug-likeness (QED) is 0.658. The maximum absolute atomic E-state index is 12.2. The standard InChI is InChI=1S/C17H19N5O3/c23-17(19-14-5-1-2-6-15(14)22(24)25)13-20-9-11-21(12-10-20)16-7-3-4-8-18-16/h1-8H,9-13H2,(H,19,23). The molecule has 8 nitrogen and oxygen atoms in total. The molecule has 1 saturated heterocycles. The molecule has 2 aromatic rings. The molecule has 1 aromatic carbocycles. The third kappa shape index (κ3) is 4.30. The summed E-state index contributed by atoms with van der Waals surface area (Å²) in [6.45, 7) is 3.26. The van der Waals surface area contributed by atoms with E-state index in [0.29, 0.717) is 0 Å². The van der Waals surface area contributed by atoms with E-state index in [9.17, 15) is 14.9 Å². The molecule has 1 amide bonds. The number of rotatable bonds is 5. The maximum atomic E-state index is 12.2. The van der Waals surface area contributed by atoms with Gasteiger partial charge >= 0.3 is 0 Å². The Kier molecular flexibility index (Phi) is 5.20. The topological polar surface area (TPSA) is 91.6 Å². The van der Waals surface area contributed by atoms with Crippen molar-refractivity contribution in [2.24, 2.45) is 0 Å². The Balaban J connectivity index is 1.52. The number of para-hydroxylation sites is 2. The first-order valence-corrected chi connectivity index (χ1v) is 8.05. The van der Waals surface area contributed by atoms with Crippen LogP contribution >= 0.6 is 0 Å². The van der Waals surface area contributed by atoms with Gasteiger partial charge in [0, 0.05) is 38.4 Å². The second kappa shape index (κ2) is 7.71. The summed E-state index contributed by atoms with van der Waals surface area (Å²) >= 11 is 0. The van der Waals surface area contributed by atoms with Gasteiger partial charge in [-0.25, -0.2) is 4.98 Å². The average molecular weight is 341 g/mol. The predicted molar refractivity (Wildman–Crippen MR) is 94.6 cm³/mol. The number of nitrogens with one attached hydrogen (secondary N) is 1. The van der Waals surface area contributed by atoms with Crippen LogP contribution in [0.3, 0.4) is 0 Å². The molecule has 0 radical (unpaired) electrons. The van der Waals surface area contributed by atoms with Crippen LogP contribution in [0.25, 0.3) is 0 Å². The molecule has 0 unspecified atom stereocenters. The van der Waals surface area contributed by atoms with Crippen molar-refractivity contribution in [3.63, 3.8) is 0 Å². The fraction of sp³-hybridized carbons (Fsp3) is 0.294. The number of hydrogen-bond acceptors (Lipinski definition) is 6. The number of nitro groups is 1. The van der Waals surface area contributed by atoms with Gasteiger partial charge in [-0.3, -0.25) is 19.8 Å². The lowest BCUT2D eigenvalue weighted by Crippen LogP contribution is -2.48. The second-order valence-corrected chi connectivity index (χ2v) is 5.77. The van der Waals surface area contributed by atoms with Gasteiger partial charge in [0.1, 0.15) is 11.5 Å². The van der Waals surface area contributed by atoms with E-state index in [2.05, 4.69) is 15.2 Å². The molecule has 0 spiro atoms. The third-order valence-corrected chi connectivity index (χ3v) is 4.09. The lowest BCUT2D eigenvalue weighted by molar-refractivity contribution is -0.383. The Labute approximate surface area is 145 Å². The van der Waals surface area contributed by atoms with Crippen LogP contribution in [-0.4, -0.2) is 53.4 Å². The highest BCUT2D eigenvalue weighted by Gasteiger charge is 2.21. The van der Waals surface area contributed by atoms with Gasteiger partial charge in [-0.1, -0.05) is 18.2 Å². The summed E-state index contributed by atoms with van der Waals surface area (Å²) < 4.78 is 0. The number of anilines is 2. The van der Waals surface area contributed by atoms with E-state index in [1.165, 1.54) is 12.1 Å². The molecule has 0 aliphatic carbocycles. The molecular weight excluding hydrogens is 322 g/mol. The summed E-state index contributed by atoms with van der Waals surface area (Å²) in [7, 11) is 0. The summed E-state index contributed by atoms with van der Waals surface area (Å²) in [4.78, 5) is 31.2. The zero-order chi connectivity index (χ0) is 17.6. The van der Waals surface area contributed by atoms with Crippen molar-refractivity contribution in [3.8, 4) is 0 Å². The second-order valence-electron chi connectivity index (χ2n) is 5.77. The molecule has 130 valence electrons. The zero-order valence-electron chi connectivity index (χ0n) is 13.7. The number of carbonyl (C=O) groups is 1. The molecule has 8 heteroatoms. The van der Waals surface area contributed by atoms with Crippen LogP contribution in [0.5, 0.6) is 0 Å². The molecule has 1 aliphatic rings. The first kappa shape index (κ1) is 16.8. The van der Waals surface area contributed by atoms with E-state index < -0.39 is 4.92 Å². The summed E-state index contributed by atoms with van der Waals surface area (Å²) in [5.74, 6) is 0.687. The van der Waals surface area contributed by atoms with Crippen molar-refractivity contribution in [1.29, 1.82) is 0 Å². The Hall–Kier alpha value is -3.00. The number of nitro benzene ring substituents is 1. The summed E-state index contributed by atoms with van der Waals surface area (Å²) in [6.07, 6.45) is 1.77. The maximum Gasteiger partial charge on any atom is 0.292 e. The Bertz CT molecular complexity index is 745. The van der Waals surface area contributed by atoms with Crippen LogP contribution in [0.15, 0.2) is 48.7 Å². The molecular formula is C17H19N5O3. The van der Waals surface area contributed by atoms with Gasteiger partial charge in [0.25, 0.3) is 5.69 Å². The van der Waals surface area contributed by atoms with Crippen LogP contribution in [0.1, 0.15) is 0 Å². The zero-order valence-corrected chi connectivity index (χ0v) is 13.7. The first-order chi connectivity index (χ1) is 12.1. The highest BCUT2D eigenvalue weighted by molar-refractivity contribution is 5.94. The number of amides is 1. The van der Waals surface area contributed by atoms with E-state index in [4.69, 9.17) is 0 Å². The molecule has 0 atom stereocenters. The van der Waals surface area contributed by atoms with Crippen LogP contribution in [0.2, 0.25) is 0 Å². The number of nitrogens with zero attached hydrogens (tertiary/aromatic N) is 4. The number of aromatic nitrogens is 1. The molecule has 25 heavy (non-hydrogen) atoms. The van der Waals surface area contributed by atoms with Gasteiger partial charge in [-0.2, -0.15) is 0 Å². The number of carbonyl (C=O) groups excluding carboxylic acids is 1. The Morgan fingerprint density at radius 3 is 2.52 bits per heavy atom. The highest BCUT2D eigenvalue weighted by Crippen LogP contribution is 2.23. The SMILES string of the molecule is O=C(CN1CCN(c2ccccn2)CC1)Nc1ccccc1[N+](=O)[O-]. The highest BCUT2D eigenvalue weighted by atomic mass is 16.6. The minimum Gasteiger partial charge on any atom is -0.354 e. The fourth-order valence-corrected chi connectivity index (χ4v) is 2.81. The largest absolute Gasteiger partial charge is 0.354 e. The average Bonchev–Trinajstić information content (AvgIpc) is 2.63. The molecule has 0 bridgehead atoms. The van der Waals surface area contributed by atoms with Crippen molar-refractivity contribution in [2.45, 2.75) is 0 Å². The monoisotopic (exact) mass is 341 g/mol. The van der Waals surface area contributed by atoms with Crippen LogP contribution < -0.4 is 10.2 Å². The van der Waals surface area contributed by atoms with Crippen molar-refractivity contribution < 1.29 is 9.72 Å². The Morgan fingerprint density at radius 2 is 1.84 bits per heavy atom. The van der Waals surface area contributed by atoms with Crippen molar-refractivity contribution >= 4 is 23.1 Å². The number of pyridine rings is 1. The van der Waals surface area contributed by atoms with E-state index in [1.54, 1.807) is 18.3 Å². The van der Waals surface area contributed by atoms with Gasteiger partial charge in [-0.15, -0.1) is 0 Å². The minimum atomic E-state index is -0.499. The number of piperazine rings is 1. The predicted octanol–water partition coefficient (Wildman–Crippen LogP) is 1.75. The summed E-state index contributed by atoms with van der Waals surface area (Å²) in [5, 5.41) is 13.6. The molecule has 1 aromatic heterocycles. The number of hydrogen-bond donors (Lipinski definition) is 1. The molecule has 1 fully saturated rings. The van der Waals surface area contributed by atoms with Crippen molar-refractivity contribution in [3.05, 3.63) is 58.8 Å². The fourth-order valence-electron chi connectivity index (χ4n) is 2.81. The van der Waals surface area contributed by atoms with Crippen LogP contribution in [-0.2, 0) is 4.79 Å². The van der Waals surface area contributed by atoms with E-state index in [-0.39, 0.29) is 23.8 Å². The number of benzene rings is 1. The van der Waals surface area contributed by atoms with Crippen molar-refractivity contribution in [2.75, 3.05) is 42.9 Å². The van der Waals surface area contributed by atoms with E-state index in [1.807, 2.05) is 23.1 Å². The van der Waals surface area contributed by atoms with E-state index >= 15 is 0 Å². The van der Waals surface area contributed by atoms with Gasteiger partial charge in [0.05, 0.1) is 11.5 Å². The minimum absolute atomic E-state index is 0.101. The van der Waals surface area contributed by atoms with Gasteiger partial charge in [0.15, 0.2) is 0 Å². The molecule has 2 heterocycles. The van der Waals surface area contributed by atoms with Crippen LogP contribution in [0.4, 0.5) is 17.2 Å². The van der Waals surface area contributed by atoms with Crippen molar-refractivity contribution in [1.82, 2.24) is 9.88 Å². The van der Waals surface area contributed by atoms with Gasteiger partial charge < -0.3 is 10.2 Å². The lowest BCUT2D eigenvalue weighted by atomic mass is 10.2. The third-order valence-electron chi connectivity index (χ3n) is 4.09. The molecule has 3 rings (SSSR count). The molecule has 0 saturated carbocycles. The van der Waals surface area contributed by atoms with Gasteiger partial charge in [-0.05, 0) is 18.2 Å². The normalized spacial score (nSPS) is 15.0. The first-order valence-electron chi connectivity index (χ1n) is 8.05. The molecule has 1 N–H and O–H groups in total. The smallest absolute Gasteiger partial charge is 0.292 e.